The van der Waals surface area contributed by atoms with Crippen molar-refractivity contribution >= 4 is 0 Å². The minimum Gasteiger partial charge on any atom is -0.314 e. The number of nitriles is 1. The average Bonchev–Trinajstić information content (AvgIpc) is 2.34. The molecule has 0 spiro atoms. The number of nitrogens with zero attached hydrogens (tertiary/aromatic N) is 2. The normalized spacial score (nSPS) is 9.82. The van der Waals surface area contributed by atoms with E-state index >= 15 is 0 Å². The van der Waals surface area contributed by atoms with Gasteiger partial charge in [-0.3, -0.25) is 9.36 Å². The third-order valence-electron chi connectivity index (χ3n) is 2.34. The first-order valence-corrected chi connectivity index (χ1v) is 4.98. The summed E-state index contributed by atoms with van der Waals surface area (Å²) in [5, 5.41) is 8.75. The van der Waals surface area contributed by atoms with Crippen LogP contribution in [0, 0.1) is 11.3 Å². The van der Waals surface area contributed by atoms with Gasteiger partial charge in [-0.25, -0.2) is 4.79 Å². The van der Waals surface area contributed by atoms with Crippen LogP contribution in [-0.2, 0) is 6.54 Å². The van der Waals surface area contributed by atoms with Gasteiger partial charge in [-0.05, 0) is 17.7 Å². The van der Waals surface area contributed by atoms with Crippen molar-refractivity contribution in [3.63, 3.8) is 0 Å². The lowest BCUT2D eigenvalue weighted by atomic mass is 10.1. The maximum atomic E-state index is 11.5. The van der Waals surface area contributed by atoms with Crippen molar-refractivity contribution in [3.8, 4) is 6.07 Å². The van der Waals surface area contributed by atoms with E-state index in [4.69, 9.17) is 5.26 Å². The molecule has 0 aliphatic carbocycles. The lowest BCUT2D eigenvalue weighted by molar-refractivity contribution is 0.699. The average molecular weight is 227 g/mol. The van der Waals surface area contributed by atoms with Crippen LogP contribution in [0.5, 0.6) is 0 Å². The van der Waals surface area contributed by atoms with E-state index < -0.39 is 5.69 Å². The highest BCUT2D eigenvalue weighted by Crippen LogP contribution is 2.04. The third-order valence-corrected chi connectivity index (χ3v) is 2.34. The molecule has 2 rings (SSSR count). The number of benzene rings is 1. The Kier molecular flexibility index (Phi) is 2.88. The van der Waals surface area contributed by atoms with Gasteiger partial charge in [0, 0.05) is 12.3 Å². The molecule has 1 aromatic carbocycles. The molecule has 0 aliphatic rings. The Morgan fingerprint density at radius 2 is 2.12 bits per heavy atom. The lowest BCUT2D eigenvalue weighted by Crippen LogP contribution is -2.34. The Morgan fingerprint density at radius 3 is 2.82 bits per heavy atom. The van der Waals surface area contributed by atoms with E-state index in [0.29, 0.717) is 5.56 Å². The van der Waals surface area contributed by atoms with E-state index in [0.717, 1.165) is 10.1 Å². The fraction of sp³-hybridized carbons (Fsp3) is 0.0833. The van der Waals surface area contributed by atoms with Crippen LogP contribution in [0.3, 0.4) is 0 Å². The molecule has 0 amide bonds. The molecule has 0 bridgehead atoms. The van der Waals surface area contributed by atoms with Gasteiger partial charge < -0.3 is 4.98 Å². The largest absolute Gasteiger partial charge is 0.328 e. The van der Waals surface area contributed by atoms with Crippen LogP contribution >= 0.6 is 0 Å². The van der Waals surface area contributed by atoms with Crippen molar-refractivity contribution in [1.29, 1.82) is 5.26 Å². The number of nitrogens with one attached hydrogen (secondary N) is 1. The molecule has 1 aromatic heterocycles. The van der Waals surface area contributed by atoms with E-state index in [1.54, 1.807) is 24.3 Å². The summed E-state index contributed by atoms with van der Waals surface area (Å²) in [4.78, 5) is 25.4. The molecule has 2 aromatic rings. The van der Waals surface area contributed by atoms with E-state index in [1.165, 1.54) is 12.3 Å². The molecule has 0 saturated carbocycles. The van der Waals surface area contributed by atoms with Gasteiger partial charge in [0.1, 0.15) is 0 Å². The molecular weight excluding hydrogens is 218 g/mol. The van der Waals surface area contributed by atoms with E-state index in [-0.39, 0.29) is 12.1 Å². The summed E-state index contributed by atoms with van der Waals surface area (Å²) in [5.74, 6) is 0. The predicted octanol–water partition coefficient (Wildman–Crippen LogP) is 0.457. The lowest BCUT2D eigenvalue weighted by Gasteiger charge is -2.03. The van der Waals surface area contributed by atoms with Crippen molar-refractivity contribution in [2.75, 3.05) is 0 Å². The molecule has 5 nitrogen and oxygen atoms in total. The number of hydrogen-bond acceptors (Lipinski definition) is 3. The van der Waals surface area contributed by atoms with Crippen molar-refractivity contribution in [1.82, 2.24) is 9.55 Å². The first kappa shape index (κ1) is 10.9. The van der Waals surface area contributed by atoms with E-state index in [1.807, 2.05) is 6.07 Å². The Hall–Kier alpha value is -2.61. The summed E-state index contributed by atoms with van der Waals surface area (Å²) < 4.78 is 1.08. The quantitative estimate of drug-likeness (QED) is 0.809. The molecule has 5 heteroatoms. The van der Waals surface area contributed by atoms with Crippen LogP contribution in [0.2, 0.25) is 0 Å². The third kappa shape index (κ3) is 2.32. The van der Waals surface area contributed by atoms with Crippen LogP contribution in [0.1, 0.15) is 11.1 Å². The smallest absolute Gasteiger partial charge is 0.314 e. The first-order chi connectivity index (χ1) is 8.20. The van der Waals surface area contributed by atoms with Gasteiger partial charge in [0.05, 0.1) is 18.2 Å². The summed E-state index contributed by atoms with van der Waals surface area (Å²) in [7, 11) is 0. The number of H-pyrrole nitrogens is 1. The Labute approximate surface area is 96.6 Å². The van der Waals surface area contributed by atoms with Crippen LogP contribution in [-0.4, -0.2) is 9.55 Å². The minimum absolute atomic E-state index is 0.157. The molecule has 1 heterocycles. The summed E-state index contributed by atoms with van der Waals surface area (Å²) in [6.45, 7) is 0.157. The van der Waals surface area contributed by atoms with Gasteiger partial charge in [-0.15, -0.1) is 0 Å². The van der Waals surface area contributed by atoms with Crippen molar-refractivity contribution in [2.45, 2.75) is 6.54 Å². The van der Waals surface area contributed by atoms with Gasteiger partial charge >= 0.3 is 5.69 Å². The van der Waals surface area contributed by atoms with Crippen molar-refractivity contribution < 1.29 is 0 Å². The number of hydrogen-bond donors (Lipinski definition) is 1. The number of rotatable bonds is 2. The van der Waals surface area contributed by atoms with Crippen LogP contribution < -0.4 is 11.2 Å². The second kappa shape index (κ2) is 4.49. The second-order valence-electron chi connectivity index (χ2n) is 3.52. The summed E-state index contributed by atoms with van der Waals surface area (Å²) >= 11 is 0. The molecule has 0 fully saturated rings. The summed E-state index contributed by atoms with van der Waals surface area (Å²) in [6, 6.07) is 10.1. The Balaban J connectivity index is 2.42. The predicted molar refractivity (Wildman–Crippen MR) is 61.6 cm³/mol. The molecule has 0 radical (unpaired) electrons. The topological polar surface area (TPSA) is 78.7 Å². The molecule has 0 unspecified atom stereocenters. The number of aromatic amines is 1. The van der Waals surface area contributed by atoms with Crippen LogP contribution in [0.25, 0.3) is 0 Å². The molecular formula is C12H9N3O2. The maximum absolute atomic E-state index is 11.5. The highest BCUT2D eigenvalue weighted by Gasteiger charge is 2.02. The minimum atomic E-state index is -0.458. The molecule has 84 valence electrons. The zero-order chi connectivity index (χ0) is 12.3. The zero-order valence-corrected chi connectivity index (χ0v) is 8.88. The van der Waals surface area contributed by atoms with Crippen LogP contribution in [0.15, 0.2) is 46.1 Å². The van der Waals surface area contributed by atoms with Gasteiger partial charge in [0.25, 0.3) is 5.56 Å². The fourth-order valence-electron chi connectivity index (χ4n) is 1.52. The van der Waals surface area contributed by atoms with Gasteiger partial charge in [-0.2, -0.15) is 5.26 Å². The molecule has 17 heavy (non-hydrogen) atoms. The SMILES string of the molecule is N#Cc1cccc(Cn2c(=O)cc[nH]c2=O)c1. The Morgan fingerprint density at radius 1 is 1.29 bits per heavy atom. The zero-order valence-electron chi connectivity index (χ0n) is 8.88. The molecule has 0 saturated heterocycles. The van der Waals surface area contributed by atoms with Gasteiger partial charge in [0.15, 0.2) is 0 Å². The second-order valence-corrected chi connectivity index (χ2v) is 3.52. The van der Waals surface area contributed by atoms with Gasteiger partial charge in [-0.1, -0.05) is 12.1 Å². The highest BCUT2D eigenvalue weighted by atomic mass is 16.2. The van der Waals surface area contributed by atoms with Crippen molar-refractivity contribution in [2.24, 2.45) is 0 Å². The van der Waals surface area contributed by atoms with E-state index in [2.05, 4.69) is 4.98 Å². The fourth-order valence-corrected chi connectivity index (χ4v) is 1.52. The summed E-state index contributed by atoms with van der Waals surface area (Å²) in [6.07, 6.45) is 1.31. The number of aromatic nitrogens is 2. The van der Waals surface area contributed by atoms with Gasteiger partial charge in [0.2, 0.25) is 0 Å². The molecule has 1 N–H and O–H groups in total. The molecule has 0 atom stereocenters. The van der Waals surface area contributed by atoms with Crippen molar-refractivity contribution in [3.05, 3.63) is 68.5 Å². The summed E-state index contributed by atoms with van der Waals surface area (Å²) in [5.41, 5.74) is 0.418. The first-order valence-electron chi connectivity index (χ1n) is 4.98. The van der Waals surface area contributed by atoms with E-state index in [9.17, 15) is 9.59 Å². The Bertz CT molecular complexity index is 663. The monoisotopic (exact) mass is 227 g/mol. The highest BCUT2D eigenvalue weighted by molar-refractivity contribution is 5.32. The maximum Gasteiger partial charge on any atom is 0.328 e. The standard InChI is InChI=1S/C12H9N3O2/c13-7-9-2-1-3-10(6-9)8-15-11(16)4-5-14-12(15)17/h1-6H,8H2,(H,14,17). The van der Waals surface area contributed by atoms with Crippen LogP contribution in [0.4, 0.5) is 0 Å². The molecule has 0 aliphatic heterocycles.